The van der Waals surface area contributed by atoms with Gasteiger partial charge < -0.3 is 10.1 Å². The highest BCUT2D eigenvalue weighted by molar-refractivity contribution is 7.91. The summed E-state index contributed by atoms with van der Waals surface area (Å²) in [7, 11) is -0.922. The Bertz CT molecular complexity index is 289. The molecule has 0 radical (unpaired) electrons. The van der Waals surface area contributed by atoms with Gasteiger partial charge in [-0.2, -0.15) is 0 Å². The van der Waals surface area contributed by atoms with Crippen molar-refractivity contribution in [3.63, 3.8) is 0 Å². The molecule has 0 aromatic rings. The number of rotatable bonds is 6. The first-order valence-corrected chi connectivity index (χ1v) is 7.78. The first-order valence-electron chi connectivity index (χ1n) is 5.96. The number of hydrogen-bond acceptors (Lipinski definition) is 4. The van der Waals surface area contributed by atoms with Gasteiger partial charge in [-0.05, 0) is 31.7 Å². The summed E-state index contributed by atoms with van der Waals surface area (Å²) in [5, 5.41) is 3.18. The van der Waals surface area contributed by atoms with Crippen LogP contribution in [-0.4, -0.2) is 46.7 Å². The summed E-state index contributed by atoms with van der Waals surface area (Å²) in [6.07, 6.45) is 2.69. The zero-order valence-electron chi connectivity index (χ0n) is 10.3. The standard InChI is InChI=1S/C11H23NO3S/c1-3-16(13,14)9-6-11(10-12-2)4-7-15-8-5-11/h12H,3-10H2,1-2H3. The van der Waals surface area contributed by atoms with Gasteiger partial charge >= 0.3 is 0 Å². The maximum atomic E-state index is 11.5. The second-order valence-electron chi connectivity index (χ2n) is 4.63. The Morgan fingerprint density at radius 3 is 2.44 bits per heavy atom. The van der Waals surface area contributed by atoms with Crippen LogP contribution in [0.2, 0.25) is 0 Å². The molecule has 0 atom stereocenters. The molecule has 1 heterocycles. The lowest BCUT2D eigenvalue weighted by molar-refractivity contribution is 0.0141. The first-order chi connectivity index (χ1) is 7.54. The summed E-state index contributed by atoms with van der Waals surface area (Å²) < 4.78 is 28.4. The first kappa shape index (κ1) is 13.9. The molecule has 1 aliphatic heterocycles. The Morgan fingerprint density at radius 2 is 1.94 bits per heavy atom. The van der Waals surface area contributed by atoms with E-state index < -0.39 is 9.84 Å². The molecule has 0 bridgehead atoms. The van der Waals surface area contributed by atoms with Crippen molar-refractivity contribution in [1.82, 2.24) is 5.32 Å². The number of hydrogen-bond donors (Lipinski definition) is 1. The third kappa shape index (κ3) is 4.03. The van der Waals surface area contributed by atoms with Gasteiger partial charge in [0.05, 0.1) is 5.75 Å². The van der Waals surface area contributed by atoms with E-state index >= 15 is 0 Å². The predicted octanol–water partition coefficient (Wildman–Crippen LogP) is 0.827. The molecule has 1 rings (SSSR count). The van der Waals surface area contributed by atoms with Crippen LogP contribution in [0.15, 0.2) is 0 Å². The van der Waals surface area contributed by atoms with Crippen LogP contribution in [0.5, 0.6) is 0 Å². The average molecular weight is 249 g/mol. The van der Waals surface area contributed by atoms with Crippen molar-refractivity contribution >= 4 is 9.84 Å². The zero-order chi connectivity index (χ0) is 12.1. The molecule has 5 heteroatoms. The molecule has 1 aliphatic rings. The van der Waals surface area contributed by atoms with E-state index in [1.54, 1.807) is 6.92 Å². The fourth-order valence-electron chi connectivity index (χ4n) is 2.21. The molecule has 0 aromatic carbocycles. The molecular weight excluding hydrogens is 226 g/mol. The molecule has 0 saturated carbocycles. The van der Waals surface area contributed by atoms with Crippen LogP contribution >= 0.6 is 0 Å². The van der Waals surface area contributed by atoms with Crippen LogP contribution in [0, 0.1) is 5.41 Å². The summed E-state index contributed by atoms with van der Waals surface area (Å²) in [6, 6.07) is 0. The molecule has 1 saturated heterocycles. The van der Waals surface area contributed by atoms with Gasteiger partial charge in [0.2, 0.25) is 0 Å². The van der Waals surface area contributed by atoms with E-state index in [1.807, 2.05) is 7.05 Å². The van der Waals surface area contributed by atoms with E-state index in [0.29, 0.717) is 5.75 Å². The van der Waals surface area contributed by atoms with Gasteiger partial charge in [-0.25, -0.2) is 8.42 Å². The largest absolute Gasteiger partial charge is 0.381 e. The van der Waals surface area contributed by atoms with Gasteiger partial charge in [0.25, 0.3) is 0 Å². The van der Waals surface area contributed by atoms with E-state index in [0.717, 1.165) is 39.0 Å². The van der Waals surface area contributed by atoms with Crippen LogP contribution in [0.3, 0.4) is 0 Å². The van der Waals surface area contributed by atoms with E-state index in [-0.39, 0.29) is 11.2 Å². The molecule has 1 fully saturated rings. The SMILES string of the molecule is CCS(=O)(=O)CCC1(CNC)CCOCC1. The molecule has 0 aliphatic carbocycles. The van der Waals surface area contributed by atoms with E-state index in [4.69, 9.17) is 4.74 Å². The summed E-state index contributed by atoms with van der Waals surface area (Å²) in [4.78, 5) is 0. The minimum Gasteiger partial charge on any atom is -0.381 e. The summed E-state index contributed by atoms with van der Waals surface area (Å²) >= 11 is 0. The van der Waals surface area contributed by atoms with Crippen molar-refractivity contribution in [3.8, 4) is 0 Å². The smallest absolute Gasteiger partial charge is 0.150 e. The number of sulfone groups is 1. The van der Waals surface area contributed by atoms with E-state index in [9.17, 15) is 8.42 Å². The topological polar surface area (TPSA) is 55.4 Å². The molecule has 0 spiro atoms. The quantitative estimate of drug-likeness (QED) is 0.757. The van der Waals surface area contributed by atoms with Gasteiger partial charge in [-0.1, -0.05) is 6.92 Å². The Kier molecular flexibility index (Phi) is 5.21. The van der Waals surface area contributed by atoms with Crippen LogP contribution in [-0.2, 0) is 14.6 Å². The molecule has 0 unspecified atom stereocenters. The normalized spacial score (nSPS) is 20.9. The van der Waals surface area contributed by atoms with Crippen molar-refractivity contribution < 1.29 is 13.2 Å². The highest BCUT2D eigenvalue weighted by atomic mass is 32.2. The number of nitrogens with one attached hydrogen (secondary N) is 1. The van der Waals surface area contributed by atoms with Gasteiger partial charge in [0.1, 0.15) is 9.84 Å². The zero-order valence-corrected chi connectivity index (χ0v) is 11.1. The molecular formula is C11H23NO3S. The number of ether oxygens (including phenoxy) is 1. The molecule has 96 valence electrons. The third-order valence-corrected chi connectivity index (χ3v) is 5.19. The highest BCUT2D eigenvalue weighted by Crippen LogP contribution is 2.33. The lowest BCUT2D eigenvalue weighted by atomic mass is 9.78. The Morgan fingerprint density at radius 1 is 1.31 bits per heavy atom. The van der Waals surface area contributed by atoms with Crippen LogP contribution in [0.4, 0.5) is 0 Å². The van der Waals surface area contributed by atoms with Gasteiger partial charge in [0, 0.05) is 25.5 Å². The second-order valence-corrected chi connectivity index (χ2v) is 7.10. The maximum Gasteiger partial charge on any atom is 0.150 e. The van der Waals surface area contributed by atoms with Gasteiger partial charge in [-0.3, -0.25) is 0 Å². The Balaban J connectivity index is 2.57. The van der Waals surface area contributed by atoms with Gasteiger partial charge in [-0.15, -0.1) is 0 Å². The summed E-state index contributed by atoms with van der Waals surface area (Å²) in [5.41, 5.74) is 0.120. The van der Waals surface area contributed by atoms with Crippen LogP contribution in [0.25, 0.3) is 0 Å². The Labute approximate surface area is 98.7 Å². The monoisotopic (exact) mass is 249 g/mol. The van der Waals surface area contributed by atoms with Crippen molar-refractivity contribution in [1.29, 1.82) is 0 Å². The van der Waals surface area contributed by atoms with E-state index in [2.05, 4.69) is 5.32 Å². The minimum absolute atomic E-state index is 0.120. The van der Waals surface area contributed by atoms with Crippen molar-refractivity contribution in [2.24, 2.45) is 5.41 Å². The fourth-order valence-corrected chi connectivity index (χ4v) is 3.24. The molecule has 0 amide bonds. The summed E-state index contributed by atoms with van der Waals surface area (Å²) in [5.74, 6) is 0.560. The molecule has 4 nitrogen and oxygen atoms in total. The molecule has 0 aromatic heterocycles. The van der Waals surface area contributed by atoms with Crippen LogP contribution < -0.4 is 5.32 Å². The lowest BCUT2D eigenvalue weighted by Gasteiger charge is -2.37. The van der Waals surface area contributed by atoms with Crippen molar-refractivity contribution in [3.05, 3.63) is 0 Å². The summed E-state index contributed by atoms with van der Waals surface area (Å²) in [6.45, 7) is 4.11. The van der Waals surface area contributed by atoms with E-state index in [1.165, 1.54) is 0 Å². The van der Waals surface area contributed by atoms with Crippen molar-refractivity contribution in [2.75, 3.05) is 38.3 Å². The average Bonchev–Trinajstić information content (AvgIpc) is 2.29. The third-order valence-electron chi connectivity index (χ3n) is 3.49. The molecule has 1 N–H and O–H groups in total. The second kappa shape index (κ2) is 5.98. The Hall–Kier alpha value is -0.130. The maximum absolute atomic E-state index is 11.5. The predicted molar refractivity (Wildman–Crippen MR) is 65.4 cm³/mol. The van der Waals surface area contributed by atoms with Crippen molar-refractivity contribution in [2.45, 2.75) is 26.2 Å². The van der Waals surface area contributed by atoms with Crippen LogP contribution in [0.1, 0.15) is 26.2 Å². The highest BCUT2D eigenvalue weighted by Gasteiger charge is 2.32. The lowest BCUT2D eigenvalue weighted by Crippen LogP contribution is -2.39. The molecule has 16 heavy (non-hydrogen) atoms. The minimum atomic E-state index is -2.84. The van der Waals surface area contributed by atoms with Gasteiger partial charge in [0.15, 0.2) is 0 Å². The fraction of sp³-hybridized carbons (Fsp3) is 1.00.